The Morgan fingerprint density at radius 1 is 1.44 bits per heavy atom. The summed E-state index contributed by atoms with van der Waals surface area (Å²) in [6, 6.07) is 4.10. The zero-order chi connectivity index (χ0) is 12.5. The molecule has 2 saturated heterocycles. The molecule has 1 aromatic rings. The summed E-state index contributed by atoms with van der Waals surface area (Å²) in [5.41, 5.74) is 6.64. The van der Waals surface area contributed by atoms with Gasteiger partial charge in [0, 0.05) is 30.5 Å². The molecule has 2 fully saturated rings. The van der Waals surface area contributed by atoms with Gasteiger partial charge >= 0.3 is 0 Å². The fourth-order valence-corrected chi connectivity index (χ4v) is 3.06. The van der Waals surface area contributed by atoms with Crippen LogP contribution in [-0.2, 0) is 0 Å². The van der Waals surface area contributed by atoms with Gasteiger partial charge in [-0.1, -0.05) is 0 Å². The summed E-state index contributed by atoms with van der Waals surface area (Å²) in [7, 11) is 0. The highest BCUT2D eigenvalue weighted by Crippen LogP contribution is 2.27. The van der Waals surface area contributed by atoms with E-state index in [1.165, 1.54) is 19.4 Å². The molecule has 2 aliphatic rings. The van der Waals surface area contributed by atoms with Gasteiger partial charge in [0.1, 0.15) is 5.69 Å². The summed E-state index contributed by atoms with van der Waals surface area (Å²) in [4.78, 5) is 18.6. The standard InChI is InChI=1S/C13H18N4O/c14-9-3-5-15-11(8-9)13(18)16-10-4-7-17-6-1-2-12(10)17/h3,5,8,10,12H,1-2,4,6-7H2,(H2,14,15)(H,16,18). The van der Waals surface area contributed by atoms with Crippen molar-refractivity contribution in [3.05, 3.63) is 24.0 Å². The van der Waals surface area contributed by atoms with Crippen LogP contribution in [0.3, 0.4) is 0 Å². The third-order valence-electron chi connectivity index (χ3n) is 3.94. The molecule has 0 bridgehead atoms. The minimum atomic E-state index is -0.110. The summed E-state index contributed by atoms with van der Waals surface area (Å²) in [6.45, 7) is 2.27. The fourth-order valence-electron chi connectivity index (χ4n) is 3.06. The Hall–Kier alpha value is -1.62. The number of carbonyl (C=O) groups excluding carboxylic acids is 1. The van der Waals surface area contributed by atoms with Crippen LogP contribution in [0.25, 0.3) is 0 Å². The largest absolute Gasteiger partial charge is 0.399 e. The first-order valence-corrected chi connectivity index (χ1v) is 6.50. The van der Waals surface area contributed by atoms with Crippen molar-refractivity contribution in [1.82, 2.24) is 15.2 Å². The number of aromatic nitrogens is 1. The Balaban J connectivity index is 1.68. The number of nitrogen functional groups attached to an aromatic ring is 1. The molecule has 18 heavy (non-hydrogen) atoms. The molecule has 5 heteroatoms. The number of rotatable bonds is 2. The smallest absolute Gasteiger partial charge is 0.270 e. The first-order chi connectivity index (χ1) is 8.74. The zero-order valence-electron chi connectivity index (χ0n) is 10.3. The number of anilines is 1. The molecule has 2 atom stereocenters. The van der Waals surface area contributed by atoms with E-state index in [4.69, 9.17) is 5.73 Å². The predicted molar refractivity (Wildman–Crippen MR) is 69.1 cm³/mol. The van der Waals surface area contributed by atoms with Crippen LogP contribution in [0.5, 0.6) is 0 Å². The van der Waals surface area contributed by atoms with Gasteiger partial charge in [-0.2, -0.15) is 0 Å². The lowest BCUT2D eigenvalue weighted by Gasteiger charge is -2.21. The SMILES string of the molecule is Nc1ccnc(C(=O)NC2CCN3CCCC23)c1. The van der Waals surface area contributed by atoms with Crippen LogP contribution in [-0.4, -0.2) is 41.0 Å². The summed E-state index contributed by atoms with van der Waals surface area (Å²) in [6.07, 6.45) is 5.04. The van der Waals surface area contributed by atoms with Crippen molar-refractivity contribution < 1.29 is 4.79 Å². The third kappa shape index (κ3) is 2.06. The zero-order valence-corrected chi connectivity index (χ0v) is 10.3. The van der Waals surface area contributed by atoms with Crippen molar-refractivity contribution in [1.29, 1.82) is 0 Å². The fraction of sp³-hybridized carbons (Fsp3) is 0.538. The van der Waals surface area contributed by atoms with E-state index in [0.717, 1.165) is 13.0 Å². The first-order valence-electron chi connectivity index (χ1n) is 6.50. The Bertz CT molecular complexity index is 462. The van der Waals surface area contributed by atoms with Crippen LogP contribution in [0.2, 0.25) is 0 Å². The predicted octanol–water partition coefficient (Wildman–Crippen LogP) is 0.630. The number of pyridine rings is 1. The minimum Gasteiger partial charge on any atom is -0.399 e. The van der Waals surface area contributed by atoms with Gasteiger partial charge in [-0.05, 0) is 37.9 Å². The molecule has 1 aromatic heterocycles. The number of nitrogens with zero attached hydrogens (tertiary/aromatic N) is 2. The van der Waals surface area contributed by atoms with Crippen molar-refractivity contribution in [2.75, 3.05) is 18.8 Å². The second-order valence-corrected chi connectivity index (χ2v) is 5.09. The van der Waals surface area contributed by atoms with Crippen molar-refractivity contribution >= 4 is 11.6 Å². The van der Waals surface area contributed by atoms with Crippen LogP contribution in [0.4, 0.5) is 5.69 Å². The number of nitrogens with one attached hydrogen (secondary N) is 1. The molecular formula is C13H18N4O. The highest BCUT2D eigenvalue weighted by atomic mass is 16.2. The summed E-state index contributed by atoms with van der Waals surface area (Å²) < 4.78 is 0. The number of nitrogens with two attached hydrogens (primary N) is 1. The average molecular weight is 246 g/mol. The molecule has 96 valence electrons. The summed E-state index contributed by atoms with van der Waals surface area (Å²) in [5.74, 6) is -0.110. The number of hydrogen-bond donors (Lipinski definition) is 2. The molecule has 0 aliphatic carbocycles. The molecule has 1 amide bonds. The van der Waals surface area contributed by atoms with E-state index in [9.17, 15) is 4.79 Å². The van der Waals surface area contributed by atoms with E-state index in [1.807, 2.05) is 0 Å². The topological polar surface area (TPSA) is 71.2 Å². The molecular weight excluding hydrogens is 228 g/mol. The maximum Gasteiger partial charge on any atom is 0.270 e. The minimum absolute atomic E-state index is 0.110. The molecule has 0 aromatic carbocycles. The normalized spacial score (nSPS) is 27.1. The van der Waals surface area contributed by atoms with E-state index >= 15 is 0 Å². The van der Waals surface area contributed by atoms with E-state index in [0.29, 0.717) is 17.4 Å². The maximum absolute atomic E-state index is 12.1. The van der Waals surface area contributed by atoms with Gasteiger partial charge in [0.15, 0.2) is 0 Å². The summed E-state index contributed by atoms with van der Waals surface area (Å²) >= 11 is 0. The Kier molecular flexibility index (Phi) is 2.91. The van der Waals surface area contributed by atoms with E-state index in [1.54, 1.807) is 18.3 Å². The van der Waals surface area contributed by atoms with Crippen molar-refractivity contribution in [3.8, 4) is 0 Å². The Morgan fingerprint density at radius 3 is 3.17 bits per heavy atom. The molecule has 2 aliphatic heterocycles. The average Bonchev–Trinajstić information content (AvgIpc) is 2.94. The lowest BCUT2D eigenvalue weighted by atomic mass is 10.1. The van der Waals surface area contributed by atoms with E-state index in [-0.39, 0.29) is 11.9 Å². The molecule has 0 saturated carbocycles. The number of hydrogen-bond acceptors (Lipinski definition) is 4. The maximum atomic E-state index is 12.1. The lowest BCUT2D eigenvalue weighted by Crippen LogP contribution is -2.42. The van der Waals surface area contributed by atoms with Crippen molar-refractivity contribution in [2.45, 2.75) is 31.3 Å². The van der Waals surface area contributed by atoms with Crippen LogP contribution in [0.15, 0.2) is 18.3 Å². The van der Waals surface area contributed by atoms with Crippen molar-refractivity contribution in [2.24, 2.45) is 0 Å². The van der Waals surface area contributed by atoms with Crippen LogP contribution in [0, 0.1) is 0 Å². The summed E-state index contributed by atoms with van der Waals surface area (Å²) in [5, 5.41) is 3.10. The molecule has 2 unspecified atom stereocenters. The van der Waals surface area contributed by atoms with Crippen LogP contribution < -0.4 is 11.1 Å². The molecule has 0 radical (unpaired) electrons. The van der Waals surface area contributed by atoms with Crippen LogP contribution >= 0.6 is 0 Å². The highest BCUT2D eigenvalue weighted by Gasteiger charge is 2.37. The molecule has 3 rings (SSSR count). The van der Waals surface area contributed by atoms with Gasteiger partial charge in [0.25, 0.3) is 5.91 Å². The van der Waals surface area contributed by atoms with Crippen molar-refractivity contribution in [3.63, 3.8) is 0 Å². The molecule has 3 heterocycles. The number of fused-ring (bicyclic) bond motifs is 1. The first kappa shape index (κ1) is 11.5. The van der Waals surface area contributed by atoms with E-state index in [2.05, 4.69) is 15.2 Å². The molecule has 5 nitrogen and oxygen atoms in total. The van der Waals surface area contributed by atoms with Gasteiger partial charge in [-0.3, -0.25) is 14.7 Å². The third-order valence-corrected chi connectivity index (χ3v) is 3.94. The number of amides is 1. The Morgan fingerprint density at radius 2 is 2.33 bits per heavy atom. The second-order valence-electron chi connectivity index (χ2n) is 5.09. The number of carbonyl (C=O) groups is 1. The Labute approximate surface area is 106 Å². The van der Waals surface area contributed by atoms with Gasteiger partial charge in [-0.15, -0.1) is 0 Å². The van der Waals surface area contributed by atoms with Crippen LogP contribution in [0.1, 0.15) is 29.8 Å². The van der Waals surface area contributed by atoms with Gasteiger partial charge < -0.3 is 11.1 Å². The van der Waals surface area contributed by atoms with E-state index < -0.39 is 0 Å². The molecule has 3 N–H and O–H groups in total. The highest BCUT2D eigenvalue weighted by molar-refractivity contribution is 5.93. The quantitative estimate of drug-likeness (QED) is 0.803. The lowest BCUT2D eigenvalue weighted by molar-refractivity contribution is 0.0924. The van der Waals surface area contributed by atoms with Gasteiger partial charge in [0.2, 0.25) is 0 Å². The van der Waals surface area contributed by atoms with Gasteiger partial charge in [-0.25, -0.2) is 0 Å². The monoisotopic (exact) mass is 246 g/mol. The second kappa shape index (κ2) is 4.57. The molecule has 0 spiro atoms. The van der Waals surface area contributed by atoms with Gasteiger partial charge in [0.05, 0.1) is 0 Å².